The van der Waals surface area contributed by atoms with Gasteiger partial charge in [0.15, 0.2) is 9.84 Å². The summed E-state index contributed by atoms with van der Waals surface area (Å²) in [5.74, 6) is -0.0758. The van der Waals surface area contributed by atoms with Crippen molar-refractivity contribution in [3.05, 3.63) is 26.8 Å². The van der Waals surface area contributed by atoms with Crippen LogP contribution in [0.25, 0.3) is 0 Å². The summed E-state index contributed by atoms with van der Waals surface area (Å²) < 4.78 is 24.7. The van der Waals surface area contributed by atoms with Crippen molar-refractivity contribution in [1.82, 2.24) is 9.55 Å². The molecule has 0 amide bonds. The first kappa shape index (κ1) is 15.4. The number of sulfone groups is 1. The van der Waals surface area contributed by atoms with Gasteiger partial charge in [-0.3, -0.25) is 9.36 Å². The number of nitrogens with zero attached hydrogens (tertiary/aromatic N) is 2. The van der Waals surface area contributed by atoms with Crippen LogP contribution in [0.1, 0.15) is 26.5 Å². The van der Waals surface area contributed by atoms with Crippen molar-refractivity contribution in [1.29, 1.82) is 0 Å². The maximum absolute atomic E-state index is 11.9. The summed E-state index contributed by atoms with van der Waals surface area (Å²) in [4.78, 5) is 15.9. The van der Waals surface area contributed by atoms with Gasteiger partial charge in [-0.2, -0.15) is 0 Å². The van der Waals surface area contributed by atoms with Gasteiger partial charge in [0.25, 0.3) is 5.56 Å². The smallest absolute Gasteiger partial charge is 0.267 e. The van der Waals surface area contributed by atoms with Crippen LogP contribution in [-0.2, 0) is 16.4 Å². The third-order valence-electron chi connectivity index (χ3n) is 2.69. The standard InChI is InChI=1S/C11H17BrN2O3S/c1-8-9(12)10(15)14(7-13-8)5-6-18(16,17)11(2,3)4/h7H,5-6H2,1-4H3. The van der Waals surface area contributed by atoms with E-state index in [1.807, 2.05) is 0 Å². The van der Waals surface area contributed by atoms with Gasteiger partial charge in [0, 0.05) is 6.54 Å². The summed E-state index contributed by atoms with van der Waals surface area (Å²) in [6, 6.07) is 0. The zero-order chi connectivity index (χ0) is 14.1. The lowest BCUT2D eigenvalue weighted by Gasteiger charge is -2.19. The number of aryl methyl sites for hydroxylation is 2. The molecule has 0 saturated heterocycles. The van der Waals surface area contributed by atoms with Crippen LogP contribution in [0.5, 0.6) is 0 Å². The van der Waals surface area contributed by atoms with E-state index < -0.39 is 14.6 Å². The van der Waals surface area contributed by atoms with Crippen LogP contribution in [0.2, 0.25) is 0 Å². The quantitative estimate of drug-likeness (QED) is 0.839. The van der Waals surface area contributed by atoms with Crippen molar-refractivity contribution < 1.29 is 8.42 Å². The third-order valence-corrected chi connectivity index (χ3v) is 6.19. The monoisotopic (exact) mass is 336 g/mol. The largest absolute Gasteiger partial charge is 0.297 e. The van der Waals surface area contributed by atoms with Crippen molar-refractivity contribution in [2.24, 2.45) is 0 Å². The first-order valence-electron chi connectivity index (χ1n) is 5.50. The van der Waals surface area contributed by atoms with Crippen molar-refractivity contribution in [3.8, 4) is 0 Å². The maximum Gasteiger partial charge on any atom is 0.267 e. The average Bonchev–Trinajstić information content (AvgIpc) is 2.23. The van der Waals surface area contributed by atoms with Gasteiger partial charge in [0.1, 0.15) is 4.47 Å². The second kappa shape index (κ2) is 5.13. The normalized spacial score (nSPS) is 12.7. The number of hydrogen-bond acceptors (Lipinski definition) is 4. The van der Waals surface area contributed by atoms with Crippen LogP contribution >= 0.6 is 15.9 Å². The van der Waals surface area contributed by atoms with Crippen LogP contribution < -0.4 is 5.56 Å². The SMILES string of the molecule is Cc1ncn(CCS(=O)(=O)C(C)(C)C)c(=O)c1Br. The maximum atomic E-state index is 11.9. The number of rotatable bonds is 3. The summed E-state index contributed by atoms with van der Waals surface area (Å²) in [5, 5.41) is 0. The molecule has 0 fully saturated rings. The van der Waals surface area contributed by atoms with Crippen LogP contribution in [-0.4, -0.2) is 28.5 Å². The summed E-state index contributed by atoms with van der Waals surface area (Å²) >= 11 is 3.14. The molecule has 1 aromatic rings. The van der Waals surface area contributed by atoms with E-state index in [0.29, 0.717) is 10.2 Å². The Labute approximate surface area is 115 Å². The molecule has 18 heavy (non-hydrogen) atoms. The van der Waals surface area contributed by atoms with E-state index >= 15 is 0 Å². The lowest BCUT2D eigenvalue weighted by atomic mass is 10.3. The molecule has 0 aliphatic rings. The van der Waals surface area contributed by atoms with Gasteiger partial charge in [0.2, 0.25) is 0 Å². The van der Waals surface area contributed by atoms with E-state index in [-0.39, 0.29) is 17.9 Å². The Morgan fingerprint density at radius 2 is 1.94 bits per heavy atom. The molecule has 0 bridgehead atoms. The fraction of sp³-hybridized carbons (Fsp3) is 0.636. The zero-order valence-corrected chi connectivity index (χ0v) is 13.3. The molecule has 0 radical (unpaired) electrons. The minimum Gasteiger partial charge on any atom is -0.297 e. The van der Waals surface area contributed by atoms with E-state index in [0.717, 1.165) is 0 Å². The van der Waals surface area contributed by atoms with Crippen molar-refractivity contribution in [2.75, 3.05) is 5.75 Å². The highest BCUT2D eigenvalue weighted by Gasteiger charge is 2.28. The molecule has 7 heteroatoms. The van der Waals surface area contributed by atoms with E-state index in [2.05, 4.69) is 20.9 Å². The number of halogens is 1. The van der Waals surface area contributed by atoms with Gasteiger partial charge >= 0.3 is 0 Å². The molecule has 1 heterocycles. The molecule has 0 aromatic carbocycles. The molecule has 1 rings (SSSR count). The number of aromatic nitrogens is 2. The highest BCUT2D eigenvalue weighted by atomic mass is 79.9. The number of hydrogen-bond donors (Lipinski definition) is 0. The van der Waals surface area contributed by atoms with Crippen LogP contribution in [0.4, 0.5) is 0 Å². The molecule has 0 aliphatic heterocycles. The predicted octanol–water partition coefficient (Wildman–Crippen LogP) is 1.53. The summed E-state index contributed by atoms with van der Waals surface area (Å²) in [5.41, 5.74) is 0.335. The van der Waals surface area contributed by atoms with Gasteiger partial charge < -0.3 is 0 Å². The fourth-order valence-electron chi connectivity index (χ4n) is 1.23. The molecular formula is C11H17BrN2O3S. The lowest BCUT2D eigenvalue weighted by molar-refractivity contribution is 0.551. The molecular weight excluding hydrogens is 320 g/mol. The van der Waals surface area contributed by atoms with Gasteiger partial charge in [-0.1, -0.05) is 0 Å². The Kier molecular flexibility index (Phi) is 4.38. The van der Waals surface area contributed by atoms with Gasteiger partial charge in [-0.05, 0) is 43.6 Å². The summed E-state index contributed by atoms with van der Waals surface area (Å²) in [6.45, 7) is 6.77. The van der Waals surface area contributed by atoms with E-state index in [9.17, 15) is 13.2 Å². The predicted molar refractivity (Wildman–Crippen MR) is 74.5 cm³/mol. The minimum absolute atomic E-state index is 0.0758. The van der Waals surface area contributed by atoms with Crippen molar-refractivity contribution in [2.45, 2.75) is 39.0 Å². The second-order valence-corrected chi connectivity index (χ2v) is 8.73. The summed E-state index contributed by atoms with van der Waals surface area (Å²) in [6.07, 6.45) is 1.38. The van der Waals surface area contributed by atoms with Crippen LogP contribution in [0.15, 0.2) is 15.6 Å². The van der Waals surface area contributed by atoms with E-state index in [1.54, 1.807) is 27.7 Å². The Balaban J connectivity index is 2.97. The molecule has 0 spiro atoms. The Hall–Kier alpha value is -0.690. The first-order valence-corrected chi connectivity index (χ1v) is 7.94. The second-order valence-electron chi connectivity index (χ2n) is 5.07. The Morgan fingerprint density at radius 3 is 2.44 bits per heavy atom. The van der Waals surface area contributed by atoms with Crippen molar-refractivity contribution >= 4 is 25.8 Å². The third kappa shape index (κ3) is 3.20. The van der Waals surface area contributed by atoms with E-state index in [1.165, 1.54) is 10.9 Å². The molecule has 0 unspecified atom stereocenters. The van der Waals surface area contributed by atoms with Crippen LogP contribution in [0, 0.1) is 6.92 Å². The molecule has 0 saturated carbocycles. The first-order chi connectivity index (χ1) is 8.06. The molecule has 0 N–H and O–H groups in total. The highest BCUT2D eigenvalue weighted by molar-refractivity contribution is 9.10. The molecule has 0 aliphatic carbocycles. The van der Waals surface area contributed by atoms with Gasteiger partial charge in [-0.25, -0.2) is 13.4 Å². The average molecular weight is 337 g/mol. The van der Waals surface area contributed by atoms with Gasteiger partial charge in [-0.15, -0.1) is 0 Å². The highest BCUT2D eigenvalue weighted by Crippen LogP contribution is 2.16. The Morgan fingerprint density at radius 1 is 1.39 bits per heavy atom. The van der Waals surface area contributed by atoms with Crippen molar-refractivity contribution in [3.63, 3.8) is 0 Å². The fourth-order valence-corrected chi connectivity index (χ4v) is 2.61. The Bertz CT molecular complexity index is 600. The molecule has 102 valence electrons. The lowest BCUT2D eigenvalue weighted by Crippen LogP contribution is -2.34. The topological polar surface area (TPSA) is 69.0 Å². The van der Waals surface area contributed by atoms with Crippen LogP contribution in [0.3, 0.4) is 0 Å². The molecule has 5 nitrogen and oxygen atoms in total. The molecule has 1 aromatic heterocycles. The zero-order valence-electron chi connectivity index (χ0n) is 10.9. The minimum atomic E-state index is -3.24. The van der Waals surface area contributed by atoms with Gasteiger partial charge in [0.05, 0.1) is 22.5 Å². The molecule has 0 atom stereocenters. The van der Waals surface area contributed by atoms with E-state index in [4.69, 9.17) is 0 Å². The summed E-state index contributed by atoms with van der Waals surface area (Å²) in [7, 11) is -3.24.